The van der Waals surface area contributed by atoms with Gasteiger partial charge in [0.05, 0.1) is 25.3 Å². The molecule has 0 aliphatic carbocycles. The molecule has 0 fully saturated rings. The van der Waals surface area contributed by atoms with E-state index in [4.69, 9.17) is 4.42 Å². The maximum absolute atomic E-state index is 11.3. The zero-order chi connectivity index (χ0) is 13.8. The van der Waals surface area contributed by atoms with Gasteiger partial charge in [-0.1, -0.05) is 6.92 Å². The minimum atomic E-state index is -0.951. The van der Waals surface area contributed by atoms with Gasteiger partial charge in [0.1, 0.15) is 5.76 Å². The molecule has 6 heteroatoms. The first-order chi connectivity index (χ1) is 9.17. The molecular formula is C13H16N2O4. The first kappa shape index (κ1) is 13.4. The number of aromatic nitrogens is 2. The van der Waals surface area contributed by atoms with Crippen LogP contribution in [0.3, 0.4) is 0 Å². The molecule has 0 saturated carbocycles. The van der Waals surface area contributed by atoms with Gasteiger partial charge >= 0.3 is 5.97 Å². The van der Waals surface area contributed by atoms with Crippen LogP contribution in [0.1, 0.15) is 41.5 Å². The van der Waals surface area contributed by atoms with E-state index in [2.05, 4.69) is 9.72 Å². The predicted molar refractivity (Wildman–Crippen MR) is 66.6 cm³/mol. The summed E-state index contributed by atoms with van der Waals surface area (Å²) in [5.41, 5.74) is 0.632. The highest BCUT2D eigenvalue weighted by atomic mass is 16.5. The van der Waals surface area contributed by atoms with E-state index >= 15 is 0 Å². The Balaban J connectivity index is 2.23. The number of rotatable bonds is 5. The largest absolute Gasteiger partial charge is 0.463 e. The van der Waals surface area contributed by atoms with Crippen LogP contribution < -0.4 is 0 Å². The van der Waals surface area contributed by atoms with E-state index in [9.17, 15) is 9.90 Å². The van der Waals surface area contributed by atoms with Gasteiger partial charge < -0.3 is 18.8 Å². The molecule has 6 nitrogen and oxygen atoms in total. The number of carbonyl (C=O) groups excluding carboxylic acids is 1. The van der Waals surface area contributed by atoms with E-state index in [-0.39, 0.29) is 5.76 Å². The van der Waals surface area contributed by atoms with Gasteiger partial charge in [-0.3, -0.25) is 0 Å². The molecule has 0 aliphatic rings. The van der Waals surface area contributed by atoms with E-state index in [1.807, 2.05) is 11.5 Å². The zero-order valence-corrected chi connectivity index (χ0v) is 10.9. The molecular weight excluding hydrogens is 248 g/mol. The zero-order valence-electron chi connectivity index (χ0n) is 10.9. The van der Waals surface area contributed by atoms with E-state index < -0.39 is 12.1 Å². The fourth-order valence-electron chi connectivity index (χ4n) is 1.84. The second-order valence-electron chi connectivity index (χ2n) is 4.11. The number of hydrogen-bond acceptors (Lipinski definition) is 5. The van der Waals surface area contributed by atoms with Crippen molar-refractivity contribution in [1.82, 2.24) is 9.55 Å². The minimum absolute atomic E-state index is 0.0677. The second-order valence-corrected chi connectivity index (χ2v) is 4.11. The molecule has 1 atom stereocenters. The normalized spacial score (nSPS) is 12.4. The number of hydrogen-bond donors (Lipinski definition) is 1. The fourth-order valence-corrected chi connectivity index (χ4v) is 1.84. The molecule has 19 heavy (non-hydrogen) atoms. The molecule has 102 valence electrons. The third kappa shape index (κ3) is 2.68. The van der Waals surface area contributed by atoms with E-state index in [0.717, 1.165) is 13.0 Å². The standard InChI is InChI=1S/C13H16N2O4/c1-3-6-15-8-14-7-9(15)12(16)10-4-5-11(19-10)13(17)18-2/h4-5,7-8,12,16H,3,6H2,1-2H3. The van der Waals surface area contributed by atoms with Crippen LogP contribution in [0.15, 0.2) is 29.1 Å². The Hall–Kier alpha value is -2.08. The number of nitrogens with zero attached hydrogens (tertiary/aromatic N) is 2. The molecule has 2 heterocycles. The lowest BCUT2D eigenvalue weighted by Crippen LogP contribution is -2.07. The Morgan fingerprint density at radius 3 is 3.05 bits per heavy atom. The predicted octanol–water partition coefficient (Wildman–Crippen LogP) is 1.75. The summed E-state index contributed by atoms with van der Waals surface area (Å²) in [5, 5.41) is 10.2. The SMILES string of the molecule is CCCn1cncc1C(O)c1ccc(C(=O)OC)o1. The molecule has 2 aromatic rings. The molecule has 2 rings (SSSR count). The van der Waals surface area contributed by atoms with Gasteiger partial charge in [0.25, 0.3) is 0 Å². The van der Waals surface area contributed by atoms with Gasteiger partial charge in [0.15, 0.2) is 6.10 Å². The van der Waals surface area contributed by atoms with Gasteiger partial charge in [-0.15, -0.1) is 0 Å². The molecule has 0 aliphatic heterocycles. The number of esters is 1. The van der Waals surface area contributed by atoms with Crippen LogP contribution >= 0.6 is 0 Å². The number of aryl methyl sites for hydroxylation is 1. The Morgan fingerprint density at radius 1 is 1.58 bits per heavy atom. The highest BCUT2D eigenvalue weighted by Crippen LogP contribution is 2.24. The van der Waals surface area contributed by atoms with E-state index in [1.165, 1.54) is 13.2 Å². The molecule has 2 aromatic heterocycles. The van der Waals surface area contributed by atoms with Crippen molar-refractivity contribution in [3.63, 3.8) is 0 Å². The Morgan fingerprint density at radius 2 is 2.37 bits per heavy atom. The third-order valence-corrected chi connectivity index (χ3v) is 2.77. The fraction of sp³-hybridized carbons (Fsp3) is 0.385. The van der Waals surface area contributed by atoms with Crippen LogP contribution in [0.5, 0.6) is 0 Å². The molecule has 0 bridgehead atoms. The number of ether oxygens (including phenoxy) is 1. The van der Waals surface area contributed by atoms with Crippen molar-refractivity contribution < 1.29 is 19.1 Å². The maximum Gasteiger partial charge on any atom is 0.373 e. The topological polar surface area (TPSA) is 77.5 Å². The van der Waals surface area contributed by atoms with Crippen molar-refractivity contribution in [3.05, 3.63) is 41.9 Å². The third-order valence-electron chi connectivity index (χ3n) is 2.77. The quantitative estimate of drug-likeness (QED) is 0.832. The lowest BCUT2D eigenvalue weighted by molar-refractivity contribution is 0.0557. The van der Waals surface area contributed by atoms with Crippen molar-refractivity contribution in [2.45, 2.75) is 26.0 Å². The van der Waals surface area contributed by atoms with E-state index in [1.54, 1.807) is 18.6 Å². The van der Waals surface area contributed by atoms with Crippen LogP contribution in [0.25, 0.3) is 0 Å². The van der Waals surface area contributed by atoms with Crippen LogP contribution in [-0.2, 0) is 11.3 Å². The first-order valence-corrected chi connectivity index (χ1v) is 6.03. The monoisotopic (exact) mass is 264 g/mol. The molecule has 0 saturated heterocycles. The van der Waals surface area contributed by atoms with Gasteiger partial charge in [-0.2, -0.15) is 0 Å². The molecule has 1 N–H and O–H groups in total. The van der Waals surface area contributed by atoms with Crippen molar-refractivity contribution in [3.8, 4) is 0 Å². The summed E-state index contributed by atoms with van der Waals surface area (Å²) in [6.07, 6.45) is 3.22. The average Bonchev–Trinajstić information content (AvgIpc) is 3.06. The number of imidazole rings is 1. The van der Waals surface area contributed by atoms with Crippen LogP contribution in [0.2, 0.25) is 0 Å². The average molecular weight is 264 g/mol. The maximum atomic E-state index is 11.3. The summed E-state index contributed by atoms with van der Waals surface area (Å²) in [5.74, 6) is -0.211. The highest BCUT2D eigenvalue weighted by molar-refractivity contribution is 5.86. The Bertz CT molecular complexity index is 558. The number of aliphatic hydroxyl groups excluding tert-OH is 1. The summed E-state index contributed by atoms with van der Waals surface area (Å²) >= 11 is 0. The summed E-state index contributed by atoms with van der Waals surface area (Å²) in [4.78, 5) is 15.3. The smallest absolute Gasteiger partial charge is 0.373 e. The van der Waals surface area contributed by atoms with Gasteiger partial charge in [-0.05, 0) is 18.6 Å². The molecule has 0 amide bonds. The van der Waals surface area contributed by atoms with Gasteiger partial charge in [0.2, 0.25) is 5.76 Å². The summed E-state index contributed by atoms with van der Waals surface area (Å²) in [6, 6.07) is 3.03. The summed E-state index contributed by atoms with van der Waals surface area (Å²) in [6.45, 7) is 2.80. The summed E-state index contributed by atoms with van der Waals surface area (Å²) < 4.78 is 11.7. The number of aliphatic hydroxyl groups is 1. The number of furan rings is 1. The van der Waals surface area contributed by atoms with Crippen molar-refractivity contribution in [2.75, 3.05) is 7.11 Å². The Labute approximate surface area is 110 Å². The van der Waals surface area contributed by atoms with Gasteiger partial charge in [0, 0.05) is 6.54 Å². The molecule has 0 aromatic carbocycles. The molecule has 0 radical (unpaired) electrons. The van der Waals surface area contributed by atoms with Crippen LogP contribution in [-0.4, -0.2) is 27.7 Å². The number of methoxy groups -OCH3 is 1. The van der Waals surface area contributed by atoms with E-state index in [0.29, 0.717) is 11.5 Å². The lowest BCUT2D eigenvalue weighted by atomic mass is 10.2. The summed E-state index contributed by atoms with van der Waals surface area (Å²) in [7, 11) is 1.28. The molecule has 1 unspecified atom stereocenters. The first-order valence-electron chi connectivity index (χ1n) is 6.03. The van der Waals surface area contributed by atoms with Gasteiger partial charge in [-0.25, -0.2) is 9.78 Å². The van der Waals surface area contributed by atoms with Crippen LogP contribution in [0.4, 0.5) is 0 Å². The van der Waals surface area contributed by atoms with Crippen molar-refractivity contribution in [1.29, 1.82) is 0 Å². The lowest BCUT2D eigenvalue weighted by Gasteiger charge is -2.11. The van der Waals surface area contributed by atoms with Crippen LogP contribution in [0, 0.1) is 0 Å². The minimum Gasteiger partial charge on any atom is -0.463 e. The second kappa shape index (κ2) is 5.71. The van der Waals surface area contributed by atoms with Crippen molar-refractivity contribution in [2.24, 2.45) is 0 Å². The highest BCUT2D eigenvalue weighted by Gasteiger charge is 2.20. The Kier molecular flexibility index (Phi) is 4.01. The van der Waals surface area contributed by atoms with Crippen molar-refractivity contribution >= 4 is 5.97 Å². The molecule has 0 spiro atoms. The number of carbonyl (C=O) groups is 1.